The molecule has 0 bridgehead atoms. The molecule has 0 aromatic rings. The van der Waals surface area contributed by atoms with Crippen molar-refractivity contribution in [2.75, 3.05) is 13.2 Å². The molecule has 0 radical (unpaired) electrons. The summed E-state index contributed by atoms with van der Waals surface area (Å²) in [5, 5.41) is 23.4. The fraction of sp³-hybridized carbons (Fsp3) is 0.934. The third-order valence-corrected chi connectivity index (χ3v) is 21.5. The van der Waals surface area contributed by atoms with Gasteiger partial charge in [0.15, 0.2) is 0 Å². The molecule has 3 N–H and O–H groups in total. The first-order chi connectivity index (χ1) is 48.0. The minimum atomic E-state index is -0.843. The lowest BCUT2D eigenvalue weighted by molar-refractivity contribution is -0.143. The molecule has 0 spiro atoms. The maximum atomic E-state index is 12.6. The molecule has 0 saturated heterocycles. The number of carbonyl (C=O) groups is 2. The number of hydrogen-bond acceptors (Lipinski definition) is 5. The summed E-state index contributed by atoms with van der Waals surface area (Å²) in [7, 11) is 0. The monoisotopic (exact) mass is 1360 g/mol. The van der Waals surface area contributed by atoms with Crippen LogP contribution in [-0.4, -0.2) is 47.4 Å². The predicted molar refractivity (Wildman–Crippen MR) is 430 cm³/mol. The number of esters is 1. The number of aliphatic hydroxyl groups excluding tert-OH is 2. The van der Waals surface area contributed by atoms with Gasteiger partial charge in [-0.05, 0) is 57.8 Å². The molecule has 0 aromatic heterocycles. The van der Waals surface area contributed by atoms with E-state index < -0.39 is 12.1 Å². The van der Waals surface area contributed by atoms with Gasteiger partial charge in [0, 0.05) is 12.8 Å². The van der Waals surface area contributed by atoms with Gasteiger partial charge >= 0.3 is 5.97 Å². The minimum Gasteiger partial charge on any atom is -0.466 e. The summed E-state index contributed by atoms with van der Waals surface area (Å²) in [4.78, 5) is 24.7. The van der Waals surface area contributed by atoms with Crippen molar-refractivity contribution in [1.29, 1.82) is 0 Å². The van der Waals surface area contributed by atoms with Gasteiger partial charge in [0.05, 0.1) is 25.4 Å². The highest BCUT2D eigenvalue weighted by atomic mass is 16.5. The van der Waals surface area contributed by atoms with Crippen LogP contribution in [0.1, 0.15) is 521 Å². The Bertz CT molecular complexity index is 1530. The van der Waals surface area contributed by atoms with E-state index in [0.29, 0.717) is 19.4 Å². The predicted octanol–water partition coefficient (Wildman–Crippen LogP) is 30.3. The second-order valence-corrected chi connectivity index (χ2v) is 31.3. The number of unbranched alkanes of at least 4 members (excludes halogenated alkanes) is 73. The van der Waals surface area contributed by atoms with Crippen molar-refractivity contribution in [3.63, 3.8) is 0 Å². The third kappa shape index (κ3) is 83.2. The number of ether oxygens (including phenoxy) is 1. The molecule has 576 valence electrons. The van der Waals surface area contributed by atoms with Gasteiger partial charge in [-0.1, -0.05) is 475 Å². The van der Waals surface area contributed by atoms with Crippen LogP contribution in [0.2, 0.25) is 0 Å². The van der Waals surface area contributed by atoms with E-state index in [4.69, 9.17) is 4.74 Å². The zero-order valence-electron chi connectivity index (χ0n) is 66.4. The summed E-state index contributed by atoms with van der Waals surface area (Å²) in [6.45, 7) is 4.98. The molecule has 0 rings (SSSR count). The Balaban J connectivity index is 3.34. The molecule has 2 unspecified atom stereocenters. The van der Waals surface area contributed by atoms with Crippen LogP contribution in [0.25, 0.3) is 0 Å². The molecule has 0 aliphatic carbocycles. The smallest absolute Gasteiger partial charge is 0.305 e. The largest absolute Gasteiger partial charge is 0.466 e. The molecule has 0 fully saturated rings. The van der Waals surface area contributed by atoms with Crippen molar-refractivity contribution >= 4 is 11.9 Å². The number of allylic oxidation sites excluding steroid dienone is 3. The number of nitrogens with one attached hydrogen (secondary N) is 1. The van der Waals surface area contributed by atoms with E-state index in [1.54, 1.807) is 6.08 Å². The van der Waals surface area contributed by atoms with Crippen LogP contribution in [-0.2, 0) is 14.3 Å². The van der Waals surface area contributed by atoms with Crippen molar-refractivity contribution in [1.82, 2.24) is 5.32 Å². The van der Waals surface area contributed by atoms with Gasteiger partial charge in [-0.2, -0.15) is 0 Å². The fourth-order valence-electron chi connectivity index (χ4n) is 14.6. The Labute approximate surface area is 609 Å². The first-order valence-electron chi connectivity index (χ1n) is 45.1. The third-order valence-electron chi connectivity index (χ3n) is 21.5. The van der Waals surface area contributed by atoms with Crippen molar-refractivity contribution in [2.45, 2.75) is 533 Å². The van der Waals surface area contributed by atoms with Gasteiger partial charge in [-0.3, -0.25) is 9.59 Å². The van der Waals surface area contributed by atoms with Gasteiger partial charge in [-0.15, -0.1) is 0 Å². The summed E-state index contributed by atoms with van der Waals surface area (Å²) in [6.07, 6.45) is 114. The Hall–Kier alpha value is -1.66. The Kier molecular flexibility index (Phi) is 85.3. The molecule has 6 heteroatoms. The Morgan fingerprint density at radius 1 is 0.278 bits per heavy atom. The van der Waals surface area contributed by atoms with Crippen LogP contribution in [0.15, 0.2) is 24.3 Å². The molecular weight excluding hydrogens is 1190 g/mol. The van der Waals surface area contributed by atoms with Crippen LogP contribution >= 0.6 is 0 Å². The van der Waals surface area contributed by atoms with E-state index in [2.05, 4.69) is 31.3 Å². The first-order valence-corrected chi connectivity index (χ1v) is 45.1. The van der Waals surface area contributed by atoms with Crippen molar-refractivity contribution in [3.8, 4) is 0 Å². The number of carbonyl (C=O) groups excluding carboxylic acids is 2. The number of aliphatic hydroxyl groups is 2. The highest BCUT2D eigenvalue weighted by molar-refractivity contribution is 5.76. The van der Waals surface area contributed by atoms with Gasteiger partial charge in [0.25, 0.3) is 0 Å². The normalized spacial score (nSPS) is 12.5. The summed E-state index contributed by atoms with van der Waals surface area (Å²) in [5.74, 6) is -0.0304. The van der Waals surface area contributed by atoms with Gasteiger partial charge in [0.1, 0.15) is 0 Å². The van der Waals surface area contributed by atoms with Crippen molar-refractivity contribution in [3.05, 3.63) is 24.3 Å². The average molecular weight is 1370 g/mol. The van der Waals surface area contributed by atoms with Crippen molar-refractivity contribution in [2.24, 2.45) is 0 Å². The molecule has 2 atom stereocenters. The highest BCUT2D eigenvalue weighted by Gasteiger charge is 2.18. The zero-order valence-corrected chi connectivity index (χ0v) is 66.4. The molecule has 0 heterocycles. The number of hydrogen-bond donors (Lipinski definition) is 3. The molecule has 1 amide bonds. The van der Waals surface area contributed by atoms with Gasteiger partial charge in [-0.25, -0.2) is 0 Å². The van der Waals surface area contributed by atoms with Crippen LogP contribution in [0.4, 0.5) is 0 Å². The SMILES string of the molecule is CCCCCCCCCCCCCCCCCCCCCCCCC/C=C/C(O)C(CO)NC(=O)CCCCCCCCCCCCCCCCCCC/C=C\CCCCCCCCCCCCCCCCCCCCOC(=O)CCCCCCCCCCCCCCCCCC. The molecule has 0 aliphatic heterocycles. The van der Waals surface area contributed by atoms with Crippen LogP contribution < -0.4 is 5.32 Å². The molecule has 97 heavy (non-hydrogen) atoms. The van der Waals surface area contributed by atoms with E-state index in [1.165, 1.54) is 456 Å². The molecule has 0 aromatic carbocycles. The summed E-state index contributed by atoms with van der Waals surface area (Å²) >= 11 is 0. The van der Waals surface area contributed by atoms with E-state index in [0.717, 1.165) is 38.5 Å². The summed E-state index contributed by atoms with van der Waals surface area (Å²) in [6, 6.07) is -0.626. The van der Waals surface area contributed by atoms with E-state index >= 15 is 0 Å². The maximum absolute atomic E-state index is 12.6. The van der Waals surface area contributed by atoms with Crippen molar-refractivity contribution < 1.29 is 24.5 Å². The van der Waals surface area contributed by atoms with Gasteiger partial charge < -0.3 is 20.3 Å². The fourth-order valence-corrected chi connectivity index (χ4v) is 14.6. The standard InChI is InChI=1S/C91H177NO5/c1-3-5-7-9-11-13-15-17-19-21-22-23-24-40-43-46-49-52-55-59-63-67-71-75-79-83-89(94)88(87-93)92-90(95)84-80-76-72-68-64-60-56-53-50-47-44-41-38-36-34-32-30-28-26-25-27-29-31-33-35-37-39-42-45-48-51-54-58-62-66-70-74-78-82-86-97-91(96)85-81-77-73-69-65-61-57-20-18-16-14-12-10-8-6-4-2/h25-26,79,83,88-89,93-94H,3-24,27-78,80-82,84-87H2,1-2H3,(H,92,95)/b26-25-,83-79+. The molecule has 0 saturated carbocycles. The Morgan fingerprint density at radius 2 is 0.485 bits per heavy atom. The maximum Gasteiger partial charge on any atom is 0.305 e. The average Bonchev–Trinajstić information content (AvgIpc) is 2.69. The number of rotatable bonds is 86. The summed E-state index contributed by atoms with van der Waals surface area (Å²) in [5.41, 5.74) is 0. The Morgan fingerprint density at radius 3 is 0.732 bits per heavy atom. The zero-order chi connectivity index (χ0) is 69.8. The lowest BCUT2D eigenvalue weighted by Gasteiger charge is -2.20. The second kappa shape index (κ2) is 86.7. The lowest BCUT2D eigenvalue weighted by Crippen LogP contribution is -2.45. The quantitative estimate of drug-likeness (QED) is 0.0320. The molecule has 6 nitrogen and oxygen atoms in total. The number of amides is 1. The first kappa shape index (κ1) is 95.3. The highest BCUT2D eigenvalue weighted by Crippen LogP contribution is 2.21. The van der Waals surface area contributed by atoms with Crippen LogP contribution in [0.5, 0.6) is 0 Å². The van der Waals surface area contributed by atoms with Crippen LogP contribution in [0.3, 0.4) is 0 Å². The lowest BCUT2D eigenvalue weighted by atomic mass is 10.0. The van der Waals surface area contributed by atoms with E-state index in [1.807, 2.05) is 6.08 Å². The van der Waals surface area contributed by atoms with Gasteiger partial charge in [0.2, 0.25) is 5.91 Å². The topological polar surface area (TPSA) is 95.9 Å². The minimum absolute atomic E-state index is 0.0271. The molecular formula is C91H177NO5. The van der Waals surface area contributed by atoms with E-state index in [-0.39, 0.29) is 18.5 Å². The summed E-state index contributed by atoms with van der Waals surface area (Å²) < 4.78 is 5.52. The molecule has 0 aliphatic rings. The second-order valence-electron chi connectivity index (χ2n) is 31.3. The van der Waals surface area contributed by atoms with Crippen LogP contribution in [0, 0.1) is 0 Å². The van der Waals surface area contributed by atoms with E-state index in [9.17, 15) is 19.8 Å².